The summed E-state index contributed by atoms with van der Waals surface area (Å²) >= 11 is 0. The van der Waals surface area contributed by atoms with Gasteiger partial charge in [0.15, 0.2) is 5.82 Å². The molecular formula is C35H41N9O2. The number of methoxy groups -OCH3 is 1. The zero-order chi connectivity index (χ0) is 31.3. The van der Waals surface area contributed by atoms with Crippen LogP contribution in [0.5, 0.6) is 5.75 Å². The first-order valence-corrected chi connectivity index (χ1v) is 16.7. The molecule has 5 aromatic rings. The Labute approximate surface area is 267 Å². The lowest BCUT2D eigenvalue weighted by atomic mass is 10.1. The molecule has 2 saturated carbocycles. The second-order valence-electron chi connectivity index (χ2n) is 13.9. The highest BCUT2D eigenvalue weighted by Crippen LogP contribution is 2.41. The van der Waals surface area contributed by atoms with Gasteiger partial charge in [0.25, 0.3) is 5.91 Å². The molecule has 4 fully saturated rings. The Morgan fingerprint density at radius 3 is 2.65 bits per heavy atom. The number of benzene rings is 1. The number of nitrogens with two attached hydrogens (primary N) is 1. The number of rotatable bonds is 7. The molecule has 2 bridgehead atoms. The average Bonchev–Trinajstić information content (AvgIpc) is 3.57. The number of pyridine rings is 1. The van der Waals surface area contributed by atoms with Gasteiger partial charge in [-0.2, -0.15) is 5.10 Å². The quantitative estimate of drug-likeness (QED) is 0.282. The maximum Gasteiger partial charge on any atom is 0.254 e. The predicted octanol–water partition coefficient (Wildman–Crippen LogP) is 4.65. The molecule has 1 aromatic carbocycles. The number of ether oxygens (including phenoxy) is 1. The molecule has 2 saturated heterocycles. The van der Waals surface area contributed by atoms with Gasteiger partial charge in [0.05, 0.1) is 30.6 Å². The molecule has 4 atom stereocenters. The minimum Gasteiger partial charge on any atom is -0.494 e. The van der Waals surface area contributed by atoms with E-state index < -0.39 is 0 Å². The number of aryl methyl sites for hydroxylation is 2. The molecule has 6 heterocycles. The van der Waals surface area contributed by atoms with Gasteiger partial charge < -0.3 is 29.4 Å². The smallest absolute Gasteiger partial charge is 0.254 e. The number of hydrogen-bond acceptors (Lipinski definition) is 7. The number of nitrogens with zero attached hydrogens (tertiary/aromatic N) is 8. The van der Waals surface area contributed by atoms with Crippen molar-refractivity contribution in [3.8, 4) is 17.3 Å². The predicted molar refractivity (Wildman–Crippen MR) is 177 cm³/mol. The van der Waals surface area contributed by atoms with Gasteiger partial charge >= 0.3 is 0 Å². The lowest BCUT2D eigenvalue weighted by Crippen LogP contribution is -2.41. The summed E-state index contributed by atoms with van der Waals surface area (Å²) in [6.45, 7) is 2.61. The fourth-order valence-electron chi connectivity index (χ4n) is 8.47. The van der Waals surface area contributed by atoms with Gasteiger partial charge in [-0.1, -0.05) is 0 Å². The Kier molecular flexibility index (Phi) is 6.25. The van der Waals surface area contributed by atoms with Crippen molar-refractivity contribution in [1.29, 1.82) is 0 Å². The number of anilines is 1. The van der Waals surface area contributed by atoms with E-state index in [0.717, 1.165) is 84.7 Å². The van der Waals surface area contributed by atoms with Crippen molar-refractivity contribution in [1.82, 2.24) is 33.8 Å². The SMILES string of the molecule is COc1cc(C(=O)N2CC3CCC2[C@@H]3N)cc2nc(-c3cc4ccc(N5CCCC5c5cnn(C)c5)nc4n3CC3CC3)n(C)c12. The third-order valence-corrected chi connectivity index (χ3v) is 11.1. The number of aromatic nitrogens is 6. The van der Waals surface area contributed by atoms with Crippen molar-refractivity contribution in [3.63, 3.8) is 0 Å². The van der Waals surface area contributed by atoms with Crippen LogP contribution >= 0.6 is 0 Å². The summed E-state index contributed by atoms with van der Waals surface area (Å²) in [6, 6.07) is 10.9. The Morgan fingerprint density at radius 2 is 1.93 bits per heavy atom. The van der Waals surface area contributed by atoms with Crippen LogP contribution in [0.4, 0.5) is 5.82 Å². The third-order valence-electron chi connectivity index (χ3n) is 11.1. The van der Waals surface area contributed by atoms with Crippen LogP contribution in [-0.4, -0.2) is 72.0 Å². The van der Waals surface area contributed by atoms with Crippen LogP contribution in [0, 0.1) is 11.8 Å². The van der Waals surface area contributed by atoms with Crippen molar-refractivity contribution >= 4 is 33.8 Å². The molecule has 2 aliphatic carbocycles. The Morgan fingerprint density at radius 1 is 1.07 bits per heavy atom. The third kappa shape index (κ3) is 4.27. The summed E-state index contributed by atoms with van der Waals surface area (Å²) in [5.74, 6) is 3.55. The Bertz CT molecular complexity index is 2000. The fraction of sp³-hybridized carbons (Fsp3) is 0.486. The number of hydrogen-bond donors (Lipinski definition) is 1. The van der Waals surface area contributed by atoms with Crippen LogP contribution in [0.25, 0.3) is 33.6 Å². The monoisotopic (exact) mass is 619 g/mol. The fourth-order valence-corrected chi connectivity index (χ4v) is 8.47. The number of piperidine rings is 1. The highest BCUT2D eigenvalue weighted by Gasteiger charge is 2.47. The highest BCUT2D eigenvalue weighted by molar-refractivity contribution is 6.00. The van der Waals surface area contributed by atoms with Crippen molar-refractivity contribution in [2.24, 2.45) is 31.7 Å². The standard InChI is InChI=1S/C35H41N9O2/c1-40-18-24(16-37-40)26-5-4-12-42(26)30-11-9-21-14-28(43(33(21)39-30)17-20-6-7-20)34-38-25-13-23(15-29(46-3)32(25)41(34)2)35(45)44-19-22-8-10-27(44)31(22)36/h9,11,13-16,18,20,22,26-27,31H,4-8,10,12,17,19,36H2,1-3H3/t22?,26?,27?,31-/m1/s1. The van der Waals surface area contributed by atoms with Crippen LogP contribution in [0.2, 0.25) is 0 Å². The zero-order valence-electron chi connectivity index (χ0n) is 26.8. The van der Waals surface area contributed by atoms with Gasteiger partial charge in [0, 0.05) is 68.5 Å². The second kappa shape index (κ2) is 10.3. The topological polar surface area (TPSA) is 112 Å². The maximum absolute atomic E-state index is 13.8. The number of amides is 1. The van der Waals surface area contributed by atoms with E-state index in [9.17, 15) is 4.79 Å². The van der Waals surface area contributed by atoms with E-state index in [4.69, 9.17) is 20.4 Å². The van der Waals surface area contributed by atoms with Crippen LogP contribution in [0.3, 0.4) is 0 Å². The van der Waals surface area contributed by atoms with Gasteiger partial charge in [-0.3, -0.25) is 9.48 Å². The zero-order valence-corrected chi connectivity index (χ0v) is 26.8. The molecule has 3 unspecified atom stereocenters. The number of likely N-dealkylation sites (tertiary alicyclic amines) is 1. The Hall–Kier alpha value is -4.38. The van der Waals surface area contributed by atoms with E-state index in [1.165, 1.54) is 18.4 Å². The Balaban J connectivity index is 1.13. The van der Waals surface area contributed by atoms with Crippen molar-refractivity contribution in [3.05, 3.63) is 53.9 Å². The van der Waals surface area contributed by atoms with E-state index in [2.05, 4.69) is 43.5 Å². The highest BCUT2D eigenvalue weighted by atomic mass is 16.5. The molecule has 46 heavy (non-hydrogen) atoms. The number of fused-ring (bicyclic) bond motifs is 4. The van der Waals surface area contributed by atoms with Crippen LogP contribution in [-0.2, 0) is 20.6 Å². The first-order valence-electron chi connectivity index (χ1n) is 16.7. The van der Waals surface area contributed by atoms with E-state index in [1.54, 1.807) is 7.11 Å². The average molecular weight is 620 g/mol. The molecule has 2 aliphatic heterocycles. The molecule has 9 rings (SSSR count). The summed E-state index contributed by atoms with van der Waals surface area (Å²) in [7, 11) is 5.67. The molecular weight excluding hydrogens is 578 g/mol. The normalized spacial score (nSPS) is 24.3. The van der Waals surface area contributed by atoms with Crippen molar-refractivity contribution in [2.75, 3.05) is 25.1 Å². The lowest BCUT2D eigenvalue weighted by molar-refractivity contribution is 0.0700. The first kappa shape index (κ1) is 27.9. The molecule has 1 amide bonds. The van der Waals surface area contributed by atoms with Crippen molar-refractivity contribution in [2.45, 2.75) is 63.2 Å². The molecule has 0 radical (unpaired) electrons. The van der Waals surface area contributed by atoms with Gasteiger partial charge in [-0.15, -0.1) is 0 Å². The number of carbonyl (C=O) groups is 1. The van der Waals surface area contributed by atoms with E-state index in [1.807, 2.05) is 42.0 Å². The molecule has 4 aromatic heterocycles. The maximum atomic E-state index is 13.8. The van der Waals surface area contributed by atoms with Crippen LogP contribution < -0.4 is 15.4 Å². The summed E-state index contributed by atoms with van der Waals surface area (Å²) in [5, 5.41) is 5.54. The lowest BCUT2D eigenvalue weighted by Gasteiger charge is -2.27. The molecule has 2 N–H and O–H groups in total. The largest absolute Gasteiger partial charge is 0.494 e. The number of imidazole rings is 1. The summed E-state index contributed by atoms with van der Waals surface area (Å²) in [5.41, 5.74) is 11.9. The summed E-state index contributed by atoms with van der Waals surface area (Å²) < 4.78 is 12.2. The first-order chi connectivity index (χ1) is 22.4. The van der Waals surface area contributed by atoms with Crippen molar-refractivity contribution < 1.29 is 9.53 Å². The molecule has 4 aliphatic rings. The van der Waals surface area contributed by atoms with Crippen LogP contribution in [0.1, 0.15) is 60.5 Å². The molecule has 0 spiro atoms. The molecule has 238 valence electrons. The van der Waals surface area contributed by atoms with Crippen LogP contribution in [0.15, 0.2) is 42.7 Å². The minimum atomic E-state index is 0.0149. The summed E-state index contributed by atoms with van der Waals surface area (Å²) in [6.07, 6.45) is 10.9. The minimum absolute atomic E-state index is 0.0149. The molecule has 11 heteroatoms. The second-order valence-corrected chi connectivity index (χ2v) is 13.9. The van der Waals surface area contributed by atoms with Gasteiger partial charge in [0.2, 0.25) is 0 Å². The van der Waals surface area contributed by atoms with E-state index >= 15 is 0 Å². The van der Waals surface area contributed by atoms with Gasteiger partial charge in [-0.25, -0.2) is 9.97 Å². The van der Waals surface area contributed by atoms with Gasteiger partial charge in [0.1, 0.15) is 22.7 Å². The van der Waals surface area contributed by atoms with E-state index in [-0.39, 0.29) is 24.0 Å². The molecule has 11 nitrogen and oxygen atoms in total. The van der Waals surface area contributed by atoms with Gasteiger partial charge in [-0.05, 0) is 80.7 Å². The number of carbonyl (C=O) groups excluding carboxylic acids is 1. The summed E-state index contributed by atoms with van der Waals surface area (Å²) in [4.78, 5) is 28.7. The van der Waals surface area contributed by atoms with E-state index in [0.29, 0.717) is 23.1 Å².